The predicted molar refractivity (Wildman–Crippen MR) is 123 cm³/mol. The van der Waals surface area contributed by atoms with Crippen LogP contribution < -0.4 is 0 Å². The van der Waals surface area contributed by atoms with Gasteiger partial charge in [0.1, 0.15) is 11.7 Å². The van der Waals surface area contributed by atoms with Gasteiger partial charge >= 0.3 is 17.1 Å². The molecular formula is C23H25O5PS. The van der Waals surface area contributed by atoms with Crippen molar-refractivity contribution in [1.82, 2.24) is 0 Å². The largest absolute Gasteiger partial charge is 0.380 e. The molecule has 158 valence electrons. The number of hydrogen-bond acceptors (Lipinski definition) is 5. The van der Waals surface area contributed by atoms with E-state index in [1.165, 1.54) is 0 Å². The first-order chi connectivity index (χ1) is 14.2. The second-order valence-electron chi connectivity index (χ2n) is 7.99. The van der Waals surface area contributed by atoms with E-state index in [2.05, 4.69) is 35.4 Å². The van der Waals surface area contributed by atoms with Crippen LogP contribution in [-0.2, 0) is 21.5 Å². The highest BCUT2D eigenvalue weighted by atomic mass is 32.3. The van der Waals surface area contributed by atoms with Gasteiger partial charge in [0.2, 0.25) is 0 Å². The van der Waals surface area contributed by atoms with Gasteiger partial charge in [-0.05, 0) is 31.6 Å². The van der Waals surface area contributed by atoms with Crippen LogP contribution in [0.15, 0.2) is 96.6 Å². The first-order valence-corrected chi connectivity index (χ1v) is 11.5. The second kappa shape index (κ2) is 7.45. The minimum Gasteiger partial charge on any atom is -0.365 e. The predicted octanol–water partition coefficient (Wildman–Crippen LogP) is 5.60. The first kappa shape index (κ1) is 21.0. The van der Waals surface area contributed by atoms with E-state index < -0.39 is 23.2 Å². The van der Waals surface area contributed by atoms with Gasteiger partial charge in [-0.1, -0.05) is 49.5 Å². The van der Waals surface area contributed by atoms with Gasteiger partial charge in [-0.15, -0.1) is 22.4 Å². The van der Waals surface area contributed by atoms with E-state index in [1.54, 1.807) is 18.2 Å². The Morgan fingerprint density at radius 2 is 1.70 bits per heavy atom. The van der Waals surface area contributed by atoms with E-state index in [4.69, 9.17) is 16.7 Å². The lowest BCUT2D eigenvalue weighted by molar-refractivity contribution is -0.132. The van der Waals surface area contributed by atoms with Crippen LogP contribution in [0.4, 0.5) is 0 Å². The van der Waals surface area contributed by atoms with Gasteiger partial charge in [-0.2, -0.15) is 0 Å². The van der Waals surface area contributed by atoms with Crippen LogP contribution in [0.2, 0.25) is 0 Å². The van der Waals surface area contributed by atoms with E-state index in [1.807, 2.05) is 43.4 Å². The zero-order chi connectivity index (χ0) is 21.6. The fourth-order valence-electron chi connectivity index (χ4n) is 3.34. The van der Waals surface area contributed by atoms with Crippen LogP contribution >= 0.6 is 20.4 Å². The van der Waals surface area contributed by atoms with Crippen LogP contribution in [0.3, 0.4) is 0 Å². The zero-order valence-electron chi connectivity index (χ0n) is 17.0. The minimum absolute atomic E-state index is 0.214. The molecule has 2 aliphatic heterocycles. The Bertz CT molecular complexity index is 999. The molecular weight excluding hydrogens is 419 g/mol. The Hall–Kier alpha value is -2.27. The third kappa shape index (κ3) is 3.87. The van der Waals surface area contributed by atoms with Gasteiger partial charge < -0.3 is 12.5 Å². The molecule has 1 spiro atoms. The van der Waals surface area contributed by atoms with Crippen molar-refractivity contribution in [3.63, 3.8) is 0 Å². The summed E-state index contributed by atoms with van der Waals surface area (Å²) in [7, 11) is 2.72. The monoisotopic (exact) mass is 444 g/mol. The van der Waals surface area contributed by atoms with E-state index >= 15 is 0 Å². The number of rotatable bonds is 3. The van der Waals surface area contributed by atoms with Crippen molar-refractivity contribution < 1.29 is 21.5 Å². The van der Waals surface area contributed by atoms with Crippen LogP contribution in [0.5, 0.6) is 0 Å². The summed E-state index contributed by atoms with van der Waals surface area (Å²) in [5.41, 5.74) is 0.905. The third-order valence-corrected chi connectivity index (χ3v) is 7.07. The lowest BCUT2D eigenvalue weighted by Crippen LogP contribution is -2.32. The van der Waals surface area contributed by atoms with Crippen molar-refractivity contribution in [2.75, 3.05) is 0 Å². The lowest BCUT2D eigenvalue weighted by Gasteiger charge is -2.42. The average molecular weight is 444 g/mol. The molecule has 4 aliphatic rings. The fourth-order valence-corrected chi connectivity index (χ4v) is 5.20. The molecule has 0 bridgehead atoms. The highest BCUT2D eigenvalue weighted by Gasteiger charge is 2.49. The van der Waals surface area contributed by atoms with Crippen molar-refractivity contribution in [3.05, 3.63) is 96.6 Å². The third-order valence-electron chi connectivity index (χ3n) is 5.12. The first-order valence-electron chi connectivity index (χ1n) is 9.60. The number of carbonyl (C=O) groups excluding carboxylic acids is 1. The SMILES string of the molecule is C=CCC1(C)C=CC2=C(C=C1)C(C=C)OS1(OC(=O)C3=C(C=CC(C)(P)C=C3)O1)O2. The summed E-state index contributed by atoms with van der Waals surface area (Å²) in [6, 6.07) is 0. The molecule has 5 nitrogen and oxygen atoms in total. The molecule has 5 unspecified atom stereocenters. The minimum atomic E-state index is -3.10. The normalized spacial score (nSPS) is 39.0. The van der Waals surface area contributed by atoms with E-state index in [0.717, 1.165) is 12.0 Å². The summed E-state index contributed by atoms with van der Waals surface area (Å²) in [4.78, 5) is 12.8. The lowest BCUT2D eigenvalue weighted by atomic mass is 9.86. The summed E-state index contributed by atoms with van der Waals surface area (Å²) in [5.74, 6) is 0.345. The van der Waals surface area contributed by atoms with Crippen molar-refractivity contribution in [1.29, 1.82) is 0 Å². The summed E-state index contributed by atoms with van der Waals surface area (Å²) in [5, 5.41) is -0.304. The van der Waals surface area contributed by atoms with E-state index in [-0.39, 0.29) is 10.6 Å². The average Bonchev–Trinajstić information content (AvgIpc) is 2.94. The maximum absolute atomic E-state index is 12.8. The molecule has 0 aromatic carbocycles. The van der Waals surface area contributed by atoms with Gasteiger partial charge in [0, 0.05) is 16.1 Å². The van der Waals surface area contributed by atoms with Crippen LogP contribution in [-0.4, -0.2) is 17.2 Å². The zero-order valence-corrected chi connectivity index (χ0v) is 19.0. The van der Waals surface area contributed by atoms with Crippen molar-refractivity contribution >= 4 is 26.4 Å². The highest BCUT2D eigenvalue weighted by Crippen LogP contribution is 2.63. The molecule has 0 aromatic rings. The van der Waals surface area contributed by atoms with E-state index in [0.29, 0.717) is 17.1 Å². The van der Waals surface area contributed by atoms with Gasteiger partial charge in [0.25, 0.3) is 0 Å². The Balaban J connectivity index is 1.71. The molecule has 0 radical (unpaired) electrons. The molecule has 2 aliphatic carbocycles. The van der Waals surface area contributed by atoms with Gasteiger partial charge in [0.05, 0.1) is 0 Å². The van der Waals surface area contributed by atoms with Gasteiger partial charge in [-0.25, -0.2) is 8.98 Å². The Labute approximate surface area is 181 Å². The highest BCUT2D eigenvalue weighted by molar-refractivity contribution is 8.18. The van der Waals surface area contributed by atoms with Crippen LogP contribution in [0.25, 0.3) is 0 Å². The molecule has 30 heavy (non-hydrogen) atoms. The second-order valence-corrected chi connectivity index (χ2v) is 10.7. The van der Waals surface area contributed by atoms with Crippen molar-refractivity contribution in [2.45, 2.75) is 31.5 Å². The molecule has 0 N–H and O–H groups in total. The molecule has 2 heterocycles. The van der Waals surface area contributed by atoms with Gasteiger partial charge in [0.15, 0.2) is 11.5 Å². The topological polar surface area (TPSA) is 54.0 Å². The number of allylic oxidation sites excluding steroid dienone is 7. The smallest absolute Gasteiger partial charge is 0.365 e. The number of hydrogen-bond donors (Lipinski definition) is 0. The quantitative estimate of drug-likeness (QED) is 0.419. The maximum Gasteiger partial charge on any atom is 0.380 e. The number of carbonyl (C=O) groups is 1. The molecule has 0 aromatic heterocycles. The van der Waals surface area contributed by atoms with Crippen molar-refractivity contribution in [2.24, 2.45) is 5.41 Å². The summed E-state index contributed by atoms with van der Waals surface area (Å²) >= 11 is -3.10. The molecule has 4 rings (SSSR count). The van der Waals surface area contributed by atoms with Crippen molar-refractivity contribution in [3.8, 4) is 0 Å². The van der Waals surface area contributed by atoms with E-state index in [9.17, 15) is 4.79 Å². The molecule has 5 atom stereocenters. The summed E-state index contributed by atoms with van der Waals surface area (Å²) in [6.45, 7) is 11.8. The fraction of sp³-hybridized carbons (Fsp3) is 0.261. The summed E-state index contributed by atoms with van der Waals surface area (Å²) < 4.78 is 23.8. The molecule has 0 fully saturated rings. The molecule has 0 saturated heterocycles. The Morgan fingerprint density at radius 3 is 2.43 bits per heavy atom. The maximum atomic E-state index is 12.8. The Morgan fingerprint density at radius 1 is 1.03 bits per heavy atom. The van der Waals surface area contributed by atoms with Crippen LogP contribution in [0, 0.1) is 5.41 Å². The molecule has 0 amide bonds. The summed E-state index contributed by atoms with van der Waals surface area (Å²) in [6.07, 6.45) is 19.0. The standard InChI is InChI=1S/C23H25O5PS/c1-5-11-22(3)12-7-16-18(6-2)25-30(26-19(16)9-13-22)27-20-10-15-23(4,29)14-8-17(20)21(24)28-30/h5-10,12-15,18H,1-2,11,29H2,3-4H3. The van der Waals surface area contributed by atoms with Crippen LogP contribution in [0.1, 0.15) is 20.3 Å². The van der Waals surface area contributed by atoms with Gasteiger partial charge in [-0.3, -0.25) is 0 Å². The Kier molecular flexibility index (Phi) is 5.21. The molecule has 0 saturated carbocycles. The molecule has 7 heteroatoms.